The molecule has 0 amide bonds. The minimum atomic E-state index is -0.333. The maximum Gasteiger partial charge on any atom is 0.303 e. The molecule has 0 saturated carbocycles. The summed E-state index contributed by atoms with van der Waals surface area (Å²) in [6.07, 6.45) is -0.333. The minimum Gasteiger partial charge on any atom is -0.450 e. The molecule has 0 aliphatic heterocycles. The van der Waals surface area contributed by atoms with Crippen molar-refractivity contribution < 1.29 is 9.53 Å². The van der Waals surface area contributed by atoms with Crippen LogP contribution in [0, 0.1) is 18.8 Å². The van der Waals surface area contributed by atoms with Gasteiger partial charge in [-0.3, -0.25) is 4.79 Å². The van der Waals surface area contributed by atoms with E-state index in [-0.39, 0.29) is 12.1 Å². The molecule has 0 aromatic heterocycles. The molecule has 0 bridgehead atoms. The second kappa shape index (κ2) is 3.96. The van der Waals surface area contributed by atoms with E-state index >= 15 is 0 Å². The fraction of sp³-hybridized carbons (Fsp3) is 0.429. The zero-order valence-electron chi connectivity index (χ0n) is 5.60. The normalized spacial score (nSPS) is 11.0. The van der Waals surface area contributed by atoms with Crippen molar-refractivity contribution in [3.8, 4) is 11.8 Å². The topological polar surface area (TPSA) is 26.3 Å². The summed E-state index contributed by atoms with van der Waals surface area (Å²) in [4.78, 5) is 10.2. The third-order valence-corrected chi connectivity index (χ3v) is 0.648. The molecule has 1 unspecified atom stereocenters. The summed E-state index contributed by atoms with van der Waals surface area (Å²) in [5.74, 6) is 4.65. The van der Waals surface area contributed by atoms with E-state index in [4.69, 9.17) is 0 Å². The summed E-state index contributed by atoms with van der Waals surface area (Å²) in [5.41, 5.74) is 0. The van der Waals surface area contributed by atoms with Crippen molar-refractivity contribution in [3.05, 3.63) is 6.92 Å². The first kappa shape index (κ1) is 8.03. The van der Waals surface area contributed by atoms with E-state index in [0.717, 1.165) is 0 Å². The van der Waals surface area contributed by atoms with Gasteiger partial charge in [0.15, 0.2) is 6.10 Å². The van der Waals surface area contributed by atoms with Crippen molar-refractivity contribution in [2.75, 3.05) is 0 Å². The Morgan fingerprint density at radius 3 is 2.67 bits per heavy atom. The van der Waals surface area contributed by atoms with Gasteiger partial charge in [-0.1, -0.05) is 11.8 Å². The molecule has 1 radical (unpaired) electrons. The molecule has 0 spiro atoms. The van der Waals surface area contributed by atoms with Gasteiger partial charge in [0.25, 0.3) is 0 Å². The Kier molecular flexibility index (Phi) is 3.54. The van der Waals surface area contributed by atoms with Crippen LogP contribution in [0.5, 0.6) is 0 Å². The highest BCUT2D eigenvalue weighted by atomic mass is 16.5. The first-order valence-electron chi connectivity index (χ1n) is 2.61. The van der Waals surface area contributed by atoms with Crippen LogP contribution in [-0.2, 0) is 9.53 Å². The molecular weight excluding hydrogens is 116 g/mol. The summed E-state index contributed by atoms with van der Waals surface area (Å²) in [6.45, 7) is 6.32. The largest absolute Gasteiger partial charge is 0.450 e. The van der Waals surface area contributed by atoms with Gasteiger partial charge in [-0.05, 0) is 6.92 Å². The molecule has 0 rings (SSSR count). The minimum absolute atomic E-state index is 0.315. The van der Waals surface area contributed by atoms with Gasteiger partial charge in [0.1, 0.15) is 0 Å². The van der Waals surface area contributed by atoms with Crippen molar-refractivity contribution in [2.45, 2.75) is 20.0 Å². The molecule has 2 nitrogen and oxygen atoms in total. The molecule has 0 N–H and O–H groups in total. The molecule has 0 aromatic rings. The summed E-state index contributed by atoms with van der Waals surface area (Å²) in [6, 6.07) is 0. The molecule has 0 fully saturated rings. The molecule has 1 atom stereocenters. The Bertz CT molecular complexity index is 150. The monoisotopic (exact) mass is 125 g/mol. The number of esters is 1. The van der Waals surface area contributed by atoms with Gasteiger partial charge >= 0.3 is 5.97 Å². The summed E-state index contributed by atoms with van der Waals surface area (Å²) >= 11 is 0. The van der Waals surface area contributed by atoms with Crippen molar-refractivity contribution in [3.63, 3.8) is 0 Å². The first-order valence-corrected chi connectivity index (χ1v) is 2.61. The van der Waals surface area contributed by atoms with E-state index < -0.39 is 0 Å². The van der Waals surface area contributed by atoms with Crippen LogP contribution in [0.25, 0.3) is 0 Å². The fourth-order valence-corrected chi connectivity index (χ4v) is 0.422. The van der Waals surface area contributed by atoms with E-state index in [2.05, 4.69) is 23.5 Å². The van der Waals surface area contributed by atoms with E-state index in [1.165, 1.54) is 6.92 Å². The van der Waals surface area contributed by atoms with Crippen LogP contribution >= 0.6 is 0 Å². The molecule has 9 heavy (non-hydrogen) atoms. The number of hydrogen-bond acceptors (Lipinski definition) is 2. The highest BCUT2D eigenvalue weighted by molar-refractivity contribution is 5.66. The van der Waals surface area contributed by atoms with Crippen LogP contribution in [0.15, 0.2) is 0 Å². The average molecular weight is 125 g/mol. The Morgan fingerprint density at radius 1 is 1.78 bits per heavy atom. The summed E-state index contributed by atoms with van der Waals surface area (Å²) in [7, 11) is 0. The van der Waals surface area contributed by atoms with Crippen LogP contribution in [0.1, 0.15) is 13.8 Å². The van der Waals surface area contributed by atoms with Crippen LogP contribution in [0.2, 0.25) is 0 Å². The maximum atomic E-state index is 10.2. The number of ether oxygens (including phenoxy) is 1. The van der Waals surface area contributed by atoms with E-state index in [9.17, 15) is 4.79 Å². The van der Waals surface area contributed by atoms with E-state index in [0.29, 0.717) is 0 Å². The van der Waals surface area contributed by atoms with Crippen LogP contribution in [0.4, 0.5) is 0 Å². The highest BCUT2D eigenvalue weighted by Crippen LogP contribution is 1.86. The quantitative estimate of drug-likeness (QED) is 0.382. The first-order chi connectivity index (χ1) is 4.16. The average Bonchev–Trinajstić information content (AvgIpc) is 1.63. The van der Waals surface area contributed by atoms with Gasteiger partial charge in [-0.25, -0.2) is 0 Å². The molecule has 0 saturated heterocycles. The lowest BCUT2D eigenvalue weighted by Crippen LogP contribution is -2.08. The zero-order valence-corrected chi connectivity index (χ0v) is 5.60. The number of carbonyl (C=O) groups is 1. The van der Waals surface area contributed by atoms with Gasteiger partial charge < -0.3 is 4.74 Å². The lowest BCUT2D eigenvalue weighted by Gasteiger charge is -2.01. The second-order valence-electron chi connectivity index (χ2n) is 1.57. The van der Waals surface area contributed by atoms with Crippen LogP contribution < -0.4 is 0 Å². The predicted octanol–water partition coefficient (Wildman–Crippen LogP) is 0.775. The summed E-state index contributed by atoms with van der Waals surface area (Å²) in [5, 5.41) is 0. The molecule has 0 heterocycles. The van der Waals surface area contributed by atoms with Gasteiger partial charge in [0.2, 0.25) is 0 Å². The second-order valence-corrected chi connectivity index (χ2v) is 1.57. The number of hydrogen-bond donors (Lipinski definition) is 0. The van der Waals surface area contributed by atoms with Crippen molar-refractivity contribution in [2.24, 2.45) is 0 Å². The van der Waals surface area contributed by atoms with Crippen molar-refractivity contribution in [1.29, 1.82) is 0 Å². The molecule has 0 aromatic carbocycles. The smallest absolute Gasteiger partial charge is 0.303 e. The Balaban J connectivity index is 3.59. The molecule has 2 heteroatoms. The maximum absolute atomic E-state index is 10.2. The number of carbonyl (C=O) groups excluding carboxylic acids is 1. The molecule has 0 aliphatic rings. The molecule has 49 valence electrons. The van der Waals surface area contributed by atoms with Gasteiger partial charge in [-0.2, -0.15) is 0 Å². The van der Waals surface area contributed by atoms with Gasteiger partial charge in [-0.15, -0.1) is 0 Å². The highest BCUT2D eigenvalue weighted by Gasteiger charge is 1.97. The van der Waals surface area contributed by atoms with Crippen molar-refractivity contribution >= 4 is 5.97 Å². The number of rotatable bonds is 1. The third-order valence-electron chi connectivity index (χ3n) is 0.648. The van der Waals surface area contributed by atoms with Crippen LogP contribution in [0.3, 0.4) is 0 Å². The lowest BCUT2D eigenvalue weighted by molar-refractivity contribution is -0.143. The molecule has 0 aliphatic carbocycles. The lowest BCUT2D eigenvalue weighted by atomic mass is 10.4. The Morgan fingerprint density at radius 2 is 2.33 bits per heavy atom. The predicted molar refractivity (Wildman–Crippen MR) is 34.4 cm³/mol. The van der Waals surface area contributed by atoms with Gasteiger partial charge in [0.05, 0.1) is 0 Å². The van der Waals surface area contributed by atoms with Crippen molar-refractivity contribution in [1.82, 2.24) is 0 Å². The van der Waals surface area contributed by atoms with Gasteiger partial charge in [0, 0.05) is 13.8 Å². The van der Waals surface area contributed by atoms with E-state index in [1.54, 1.807) is 6.92 Å². The Labute approximate surface area is 55.2 Å². The SMILES string of the molecule is [CH2]C#CC(C)OC(C)=O. The standard InChI is InChI=1S/C7H9O2/c1-4-5-6(2)9-7(3)8/h6H,1H2,2-3H3. The third kappa shape index (κ3) is 4.89. The van der Waals surface area contributed by atoms with E-state index in [1.807, 2.05) is 0 Å². The summed E-state index contributed by atoms with van der Waals surface area (Å²) < 4.78 is 4.64. The molecular formula is C7H9O2. The fourth-order valence-electron chi connectivity index (χ4n) is 0.422. The zero-order chi connectivity index (χ0) is 7.28. The Hall–Kier alpha value is -0.970. The van der Waals surface area contributed by atoms with Crippen LogP contribution in [-0.4, -0.2) is 12.1 Å².